The van der Waals surface area contributed by atoms with E-state index in [0.29, 0.717) is 17.8 Å². The van der Waals surface area contributed by atoms with Gasteiger partial charge in [0.1, 0.15) is 5.75 Å². The Bertz CT molecular complexity index is 1370. The molecule has 7 N–H and O–H groups in total. The molecule has 13 heteroatoms. The van der Waals surface area contributed by atoms with Crippen molar-refractivity contribution in [3.05, 3.63) is 17.2 Å². The third-order valence-corrected chi connectivity index (χ3v) is 8.41. The van der Waals surface area contributed by atoms with Gasteiger partial charge in [0.25, 0.3) is 0 Å². The number of fused-ring (bicyclic) bond motifs is 3. The van der Waals surface area contributed by atoms with E-state index in [1.807, 2.05) is 13.8 Å². The highest BCUT2D eigenvalue weighted by Crippen LogP contribution is 2.52. The first kappa shape index (κ1) is 30.1. The van der Waals surface area contributed by atoms with Crippen LogP contribution in [0.2, 0.25) is 0 Å². The fourth-order valence-electron chi connectivity index (χ4n) is 6.60. The van der Waals surface area contributed by atoms with E-state index in [1.165, 1.54) is 4.90 Å². The lowest BCUT2D eigenvalue weighted by molar-refractivity contribution is -0.181. The summed E-state index contributed by atoms with van der Waals surface area (Å²) < 4.78 is 0. The highest BCUT2D eigenvalue weighted by molar-refractivity contribution is 6.32. The molecule has 6 atom stereocenters. The zero-order chi connectivity index (χ0) is 30.7. The molecule has 3 unspecified atom stereocenters. The average Bonchev–Trinajstić information content (AvgIpc) is 2.85. The van der Waals surface area contributed by atoms with E-state index in [-0.39, 0.29) is 36.0 Å². The van der Waals surface area contributed by atoms with Crippen molar-refractivity contribution in [1.82, 2.24) is 4.90 Å². The minimum absolute atomic E-state index is 0.0215. The first-order chi connectivity index (χ1) is 19.0. The molecule has 3 aliphatic rings. The summed E-state index contributed by atoms with van der Waals surface area (Å²) in [5, 5.41) is 25.8. The van der Waals surface area contributed by atoms with Crippen LogP contribution in [-0.2, 0) is 25.6 Å². The zero-order valence-corrected chi connectivity index (χ0v) is 24.1. The van der Waals surface area contributed by atoms with Crippen LogP contribution in [0.5, 0.6) is 5.75 Å². The molecule has 0 radical (unpaired) electrons. The van der Waals surface area contributed by atoms with Gasteiger partial charge in [0.2, 0.25) is 5.91 Å². The Morgan fingerprint density at radius 1 is 1.15 bits per heavy atom. The number of aliphatic hydroxyl groups is 1. The Morgan fingerprint density at radius 3 is 2.32 bits per heavy atom. The SMILES string of the molecule is CC(C)CN=C(N)Nc1cc(N(C)C)c2c(c1O)C(=O)C1C(=O)[C@@]3(O)C(=O)C(C(N)=O)C(=O)C(N(C)C)[C@H]3C[C@H]1C2. The first-order valence-corrected chi connectivity index (χ1v) is 13.5. The second-order valence-electron chi connectivity index (χ2n) is 12.1. The van der Waals surface area contributed by atoms with Gasteiger partial charge in [-0.05, 0) is 50.4 Å². The lowest BCUT2D eigenvalue weighted by atomic mass is 9.52. The molecule has 1 aromatic rings. The molecule has 0 heterocycles. The second kappa shape index (κ2) is 10.5. The molecule has 2 fully saturated rings. The summed E-state index contributed by atoms with van der Waals surface area (Å²) >= 11 is 0. The maximum absolute atomic E-state index is 14.0. The predicted molar refractivity (Wildman–Crippen MR) is 151 cm³/mol. The second-order valence-corrected chi connectivity index (χ2v) is 12.1. The number of carbonyl (C=O) groups excluding carboxylic acids is 5. The van der Waals surface area contributed by atoms with E-state index >= 15 is 0 Å². The average molecular weight is 571 g/mol. The number of Topliss-reactive ketones (excluding diaryl/α,β-unsaturated/α-hetero) is 4. The number of hydrogen-bond donors (Lipinski definition) is 5. The molecule has 0 saturated heterocycles. The van der Waals surface area contributed by atoms with Gasteiger partial charge in [0.15, 0.2) is 40.6 Å². The van der Waals surface area contributed by atoms with Gasteiger partial charge < -0.3 is 31.9 Å². The number of ketones is 4. The smallest absolute Gasteiger partial charge is 0.235 e. The van der Waals surface area contributed by atoms with E-state index in [0.717, 1.165) is 0 Å². The quantitative estimate of drug-likeness (QED) is 0.125. The third kappa shape index (κ3) is 4.66. The maximum Gasteiger partial charge on any atom is 0.235 e. The fourth-order valence-corrected chi connectivity index (χ4v) is 6.60. The van der Waals surface area contributed by atoms with Crippen LogP contribution >= 0.6 is 0 Å². The number of benzene rings is 1. The first-order valence-electron chi connectivity index (χ1n) is 13.5. The summed E-state index contributed by atoms with van der Waals surface area (Å²) in [7, 11) is 6.61. The van der Waals surface area contributed by atoms with E-state index in [1.54, 1.807) is 39.2 Å². The number of rotatable bonds is 6. The highest BCUT2D eigenvalue weighted by atomic mass is 16.3. The molecule has 13 nitrogen and oxygen atoms in total. The summed E-state index contributed by atoms with van der Waals surface area (Å²) in [5.74, 6) is -10.8. The van der Waals surface area contributed by atoms with Gasteiger partial charge in [0.05, 0.1) is 23.2 Å². The fraction of sp³-hybridized carbons (Fsp3) is 0.571. The molecule has 0 aliphatic heterocycles. The number of nitrogens with two attached hydrogens (primary N) is 2. The number of phenolic OH excluding ortho intramolecular Hbond substituents is 1. The number of likely N-dealkylation sites (N-methyl/N-ethyl adjacent to an activating group) is 1. The topological polar surface area (TPSA) is 209 Å². The normalized spacial score (nSPS) is 29.8. The molecule has 0 bridgehead atoms. The van der Waals surface area contributed by atoms with Crippen molar-refractivity contribution < 1.29 is 34.2 Å². The van der Waals surface area contributed by atoms with Crippen LogP contribution in [0.15, 0.2) is 11.1 Å². The van der Waals surface area contributed by atoms with Crippen molar-refractivity contribution in [1.29, 1.82) is 0 Å². The Hall–Kier alpha value is -3.84. The van der Waals surface area contributed by atoms with Crippen molar-refractivity contribution >= 4 is 46.4 Å². The molecule has 1 aromatic carbocycles. The Labute approximate surface area is 237 Å². The summed E-state index contributed by atoms with van der Waals surface area (Å²) in [5.41, 5.74) is 9.66. The zero-order valence-electron chi connectivity index (χ0n) is 24.1. The van der Waals surface area contributed by atoms with Crippen LogP contribution in [-0.4, -0.2) is 96.5 Å². The molecule has 1 amide bonds. The lowest BCUT2D eigenvalue weighted by Gasteiger charge is -2.52. The van der Waals surface area contributed by atoms with Crippen LogP contribution in [0, 0.1) is 29.6 Å². The summed E-state index contributed by atoms with van der Waals surface area (Å²) in [6.45, 7) is 4.36. The molecule has 3 aliphatic carbocycles. The third-order valence-electron chi connectivity index (χ3n) is 8.41. The minimum atomic E-state index is -2.78. The van der Waals surface area contributed by atoms with E-state index in [9.17, 15) is 34.2 Å². The summed E-state index contributed by atoms with van der Waals surface area (Å²) in [6, 6.07) is 0.479. The number of aromatic hydroxyl groups is 1. The molecule has 4 rings (SSSR count). The number of nitrogens with zero attached hydrogens (tertiary/aromatic N) is 3. The van der Waals surface area contributed by atoms with E-state index < -0.39 is 70.1 Å². The van der Waals surface area contributed by atoms with Crippen molar-refractivity contribution in [2.45, 2.75) is 38.3 Å². The van der Waals surface area contributed by atoms with Crippen LogP contribution in [0.25, 0.3) is 0 Å². The molecular weight excluding hydrogens is 532 g/mol. The molecule has 0 aromatic heterocycles. The number of guanidine groups is 1. The van der Waals surface area contributed by atoms with Crippen LogP contribution in [0.3, 0.4) is 0 Å². The number of phenols is 1. The summed E-state index contributed by atoms with van der Waals surface area (Å²) in [4.78, 5) is 74.3. The number of nitrogens with one attached hydrogen (secondary N) is 1. The Kier molecular flexibility index (Phi) is 7.74. The number of amides is 1. The molecule has 0 spiro atoms. The number of hydrogen-bond acceptors (Lipinski definition) is 10. The van der Waals surface area contributed by atoms with Crippen molar-refractivity contribution in [3.8, 4) is 5.75 Å². The molecule has 222 valence electrons. The standard InChI is InChI=1S/C28H38N6O7/c1-11(2)10-31-27(30)32-15-9-16(33(3)4)13-7-12-8-14-20(34(5)6)23(37)19(26(29)40)25(39)28(14,41)24(38)17(12)22(36)18(13)21(15)35/h9,11-12,14,17,19-20,35,41H,7-8,10H2,1-6H3,(H2,29,40)(H3,30,31,32)/t12-,14-,17?,19?,20?,28-/m1/s1. The van der Waals surface area contributed by atoms with Gasteiger partial charge in [-0.2, -0.15) is 0 Å². The highest BCUT2D eigenvalue weighted by Gasteiger charge is 2.69. The van der Waals surface area contributed by atoms with Crippen molar-refractivity contribution in [2.75, 3.05) is 45.0 Å². The number of carbonyl (C=O) groups is 5. The van der Waals surface area contributed by atoms with Gasteiger partial charge in [-0.1, -0.05) is 13.8 Å². The predicted octanol–water partition coefficient (Wildman–Crippen LogP) is -0.684. The summed E-state index contributed by atoms with van der Waals surface area (Å²) in [6.07, 6.45) is 0.135. The Morgan fingerprint density at radius 2 is 1.78 bits per heavy atom. The molecular formula is C28H38N6O7. The van der Waals surface area contributed by atoms with Gasteiger partial charge in [-0.15, -0.1) is 0 Å². The number of anilines is 2. The van der Waals surface area contributed by atoms with Crippen LogP contribution in [0.1, 0.15) is 36.2 Å². The minimum Gasteiger partial charge on any atom is -0.505 e. The molecule has 41 heavy (non-hydrogen) atoms. The number of aliphatic imine (C=N–C) groups is 1. The molecule has 2 saturated carbocycles. The van der Waals surface area contributed by atoms with Crippen LogP contribution in [0.4, 0.5) is 11.4 Å². The van der Waals surface area contributed by atoms with Gasteiger partial charge in [0, 0.05) is 32.2 Å². The maximum atomic E-state index is 14.0. The van der Waals surface area contributed by atoms with E-state index in [2.05, 4.69) is 10.3 Å². The van der Waals surface area contributed by atoms with Crippen molar-refractivity contribution in [2.24, 2.45) is 46.0 Å². The lowest BCUT2D eigenvalue weighted by Crippen LogP contribution is -2.74. The van der Waals surface area contributed by atoms with Gasteiger partial charge in [-0.3, -0.25) is 33.9 Å². The van der Waals surface area contributed by atoms with Gasteiger partial charge >= 0.3 is 0 Å². The largest absolute Gasteiger partial charge is 0.505 e. The Balaban J connectivity index is 1.85. The van der Waals surface area contributed by atoms with Gasteiger partial charge in [-0.25, -0.2) is 0 Å². The number of primary amides is 1. The van der Waals surface area contributed by atoms with Crippen LogP contribution < -0.4 is 21.7 Å². The van der Waals surface area contributed by atoms with E-state index in [4.69, 9.17) is 11.5 Å². The van der Waals surface area contributed by atoms with Crippen molar-refractivity contribution in [3.63, 3.8) is 0 Å². The monoisotopic (exact) mass is 570 g/mol.